The van der Waals surface area contributed by atoms with E-state index in [4.69, 9.17) is 4.74 Å². The molecule has 0 radical (unpaired) electrons. The van der Waals surface area contributed by atoms with Crippen molar-refractivity contribution in [3.63, 3.8) is 0 Å². The number of nitrogens with zero attached hydrogens (tertiary/aromatic N) is 2. The molecule has 1 heterocycles. The van der Waals surface area contributed by atoms with E-state index >= 15 is 0 Å². The molecular weight excluding hydrogens is 212 g/mol. The van der Waals surface area contributed by atoms with Gasteiger partial charge in [0.05, 0.1) is 5.69 Å². The molecule has 0 aliphatic carbocycles. The lowest BCUT2D eigenvalue weighted by molar-refractivity contribution is -0.144. The Kier molecular flexibility index (Phi) is 5.10. The van der Waals surface area contributed by atoms with Crippen molar-refractivity contribution in [1.82, 2.24) is 9.97 Å². The van der Waals surface area contributed by atoms with E-state index in [-0.39, 0.29) is 12.1 Å². The van der Waals surface area contributed by atoms with E-state index in [9.17, 15) is 4.79 Å². The van der Waals surface area contributed by atoms with Crippen LogP contribution in [0.5, 0.6) is 0 Å². The van der Waals surface area contributed by atoms with Gasteiger partial charge in [0.2, 0.25) is 0 Å². The molecule has 0 saturated carbocycles. The molecule has 1 aromatic rings. The Balaban J connectivity index is 2.19. The van der Waals surface area contributed by atoms with Crippen molar-refractivity contribution in [3.05, 3.63) is 24.3 Å². The molecule has 82 valence electrons. The molecule has 1 aromatic heterocycles. The summed E-state index contributed by atoms with van der Waals surface area (Å²) in [5.74, 6) is 1.36. The molecule has 1 unspecified atom stereocenters. The van der Waals surface area contributed by atoms with Gasteiger partial charge in [-0.05, 0) is 13.0 Å². The first-order valence-electron chi connectivity index (χ1n) is 4.68. The van der Waals surface area contributed by atoms with Gasteiger partial charge in [-0.15, -0.1) is 0 Å². The second-order valence-corrected chi connectivity index (χ2v) is 4.17. The number of carbonyl (C=O) groups is 1. The third kappa shape index (κ3) is 5.37. The van der Waals surface area contributed by atoms with Crippen molar-refractivity contribution in [1.29, 1.82) is 0 Å². The fraction of sp³-hybridized carbons (Fsp3) is 0.500. The highest BCUT2D eigenvalue weighted by molar-refractivity contribution is 7.98. The average Bonchev–Trinajstić information content (AvgIpc) is 2.18. The molecule has 5 heteroatoms. The number of carbonyl (C=O) groups excluding carboxylic acids is 1. The van der Waals surface area contributed by atoms with Gasteiger partial charge >= 0.3 is 5.97 Å². The monoisotopic (exact) mass is 226 g/mol. The van der Waals surface area contributed by atoms with E-state index in [1.54, 1.807) is 18.0 Å². The van der Waals surface area contributed by atoms with Gasteiger partial charge in [0.25, 0.3) is 0 Å². The van der Waals surface area contributed by atoms with Crippen molar-refractivity contribution in [3.8, 4) is 0 Å². The van der Waals surface area contributed by atoms with Gasteiger partial charge in [-0.1, -0.05) is 0 Å². The molecule has 1 atom stereocenters. The summed E-state index contributed by atoms with van der Waals surface area (Å²) in [5, 5.41) is 0. The van der Waals surface area contributed by atoms with Crippen LogP contribution in [-0.2, 0) is 15.3 Å². The molecule has 4 nitrogen and oxygen atoms in total. The first-order chi connectivity index (χ1) is 7.18. The van der Waals surface area contributed by atoms with Gasteiger partial charge in [0.1, 0.15) is 12.4 Å². The number of rotatable bonds is 5. The molecular formula is C10H14N2O2S. The Bertz CT molecular complexity index is 306. The highest BCUT2D eigenvalue weighted by Crippen LogP contribution is 2.11. The fourth-order valence-electron chi connectivity index (χ4n) is 1.05. The van der Waals surface area contributed by atoms with Crippen LogP contribution in [0, 0.1) is 0 Å². The fourth-order valence-corrected chi connectivity index (χ4v) is 1.95. The molecule has 0 amide bonds. The molecule has 0 spiro atoms. The van der Waals surface area contributed by atoms with Gasteiger partial charge in [-0.3, -0.25) is 4.79 Å². The number of hydrogen-bond acceptors (Lipinski definition) is 5. The number of aromatic nitrogens is 2. The van der Waals surface area contributed by atoms with Crippen molar-refractivity contribution in [2.45, 2.75) is 25.7 Å². The first kappa shape index (κ1) is 12.0. The summed E-state index contributed by atoms with van der Waals surface area (Å²) < 4.78 is 5.00. The molecule has 1 rings (SSSR count). The molecule has 0 fully saturated rings. The van der Waals surface area contributed by atoms with Crippen LogP contribution in [0.15, 0.2) is 18.6 Å². The Morgan fingerprint density at radius 3 is 3.07 bits per heavy atom. The van der Waals surface area contributed by atoms with Crippen LogP contribution in [0.2, 0.25) is 0 Å². The molecule has 0 aromatic carbocycles. The zero-order chi connectivity index (χ0) is 11.1. The summed E-state index contributed by atoms with van der Waals surface area (Å²) >= 11 is 1.69. The summed E-state index contributed by atoms with van der Waals surface area (Å²) in [5.41, 5.74) is 0.991. The third-order valence-corrected chi connectivity index (χ3v) is 2.82. The van der Waals surface area contributed by atoms with Crippen LogP contribution < -0.4 is 0 Å². The van der Waals surface area contributed by atoms with Crippen molar-refractivity contribution in [2.24, 2.45) is 0 Å². The second-order valence-electron chi connectivity index (χ2n) is 3.14. The first-order valence-corrected chi connectivity index (χ1v) is 5.84. The van der Waals surface area contributed by atoms with Crippen molar-refractivity contribution in [2.75, 3.05) is 5.75 Å². The van der Waals surface area contributed by atoms with E-state index in [2.05, 4.69) is 9.97 Å². The lowest BCUT2D eigenvalue weighted by atomic mass is 10.5. The van der Waals surface area contributed by atoms with E-state index in [1.807, 2.05) is 13.0 Å². The minimum atomic E-state index is -0.231. The summed E-state index contributed by atoms with van der Waals surface area (Å²) in [6.07, 6.45) is 3.21. The SMILES string of the molecule is CC(=O)OC(C)CSCc1ccncn1. The Labute approximate surface area is 93.5 Å². The topological polar surface area (TPSA) is 52.1 Å². The van der Waals surface area contributed by atoms with Crippen LogP contribution >= 0.6 is 11.8 Å². The van der Waals surface area contributed by atoms with Gasteiger partial charge < -0.3 is 4.74 Å². The maximum absolute atomic E-state index is 10.6. The third-order valence-electron chi connectivity index (χ3n) is 1.61. The predicted octanol–water partition coefficient (Wildman–Crippen LogP) is 1.66. The van der Waals surface area contributed by atoms with Crippen LogP contribution in [0.25, 0.3) is 0 Å². The van der Waals surface area contributed by atoms with E-state index in [1.165, 1.54) is 13.3 Å². The molecule has 0 saturated heterocycles. The Morgan fingerprint density at radius 2 is 2.47 bits per heavy atom. The van der Waals surface area contributed by atoms with Gasteiger partial charge in [0, 0.05) is 24.6 Å². The molecule has 0 bridgehead atoms. The van der Waals surface area contributed by atoms with Crippen molar-refractivity contribution < 1.29 is 9.53 Å². The number of hydrogen-bond donors (Lipinski definition) is 0. The summed E-state index contributed by atoms with van der Waals surface area (Å²) in [6, 6.07) is 1.88. The minimum absolute atomic E-state index is 0.0469. The van der Waals surface area contributed by atoms with E-state index in [0.29, 0.717) is 0 Å². The Morgan fingerprint density at radius 1 is 1.67 bits per heavy atom. The summed E-state index contributed by atoms with van der Waals surface area (Å²) in [6.45, 7) is 3.31. The maximum atomic E-state index is 10.6. The zero-order valence-corrected chi connectivity index (χ0v) is 9.66. The van der Waals surface area contributed by atoms with Crippen LogP contribution in [0.3, 0.4) is 0 Å². The van der Waals surface area contributed by atoms with Crippen LogP contribution in [0.1, 0.15) is 19.5 Å². The zero-order valence-electron chi connectivity index (χ0n) is 8.84. The highest BCUT2D eigenvalue weighted by atomic mass is 32.2. The average molecular weight is 226 g/mol. The predicted molar refractivity (Wildman–Crippen MR) is 59.4 cm³/mol. The number of esters is 1. The Hall–Kier alpha value is -1.10. The van der Waals surface area contributed by atoms with Gasteiger partial charge in [-0.2, -0.15) is 11.8 Å². The normalized spacial score (nSPS) is 12.1. The molecule has 0 aliphatic heterocycles. The summed E-state index contributed by atoms with van der Waals surface area (Å²) in [4.78, 5) is 18.6. The van der Waals surface area contributed by atoms with Gasteiger partial charge in [-0.25, -0.2) is 9.97 Å². The lowest BCUT2D eigenvalue weighted by Crippen LogP contribution is -2.14. The maximum Gasteiger partial charge on any atom is 0.302 e. The van der Waals surface area contributed by atoms with E-state index < -0.39 is 0 Å². The van der Waals surface area contributed by atoms with Crippen LogP contribution in [0.4, 0.5) is 0 Å². The summed E-state index contributed by atoms with van der Waals surface area (Å²) in [7, 11) is 0. The molecule has 0 aliphatic rings. The van der Waals surface area contributed by atoms with Crippen LogP contribution in [-0.4, -0.2) is 27.8 Å². The second kappa shape index (κ2) is 6.40. The molecule has 15 heavy (non-hydrogen) atoms. The minimum Gasteiger partial charge on any atom is -0.462 e. The van der Waals surface area contributed by atoms with Gasteiger partial charge in [0.15, 0.2) is 0 Å². The number of ether oxygens (including phenoxy) is 1. The largest absolute Gasteiger partial charge is 0.462 e. The number of thioether (sulfide) groups is 1. The lowest BCUT2D eigenvalue weighted by Gasteiger charge is -2.10. The standard InChI is InChI=1S/C10H14N2O2S/c1-8(14-9(2)13)5-15-6-10-3-4-11-7-12-10/h3-4,7-8H,5-6H2,1-2H3. The smallest absolute Gasteiger partial charge is 0.302 e. The molecule has 0 N–H and O–H groups in total. The van der Waals surface area contributed by atoms with Crippen molar-refractivity contribution >= 4 is 17.7 Å². The quantitative estimate of drug-likeness (QED) is 0.715. The highest BCUT2D eigenvalue weighted by Gasteiger charge is 2.05. The van der Waals surface area contributed by atoms with E-state index in [0.717, 1.165) is 17.2 Å².